The minimum absolute atomic E-state index is 0.222. The van der Waals surface area contributed by atoms with Crippen molar-refractivity contribution in [2.24, 2.45) is 0 Å². The number of benzene rings is 1. The Kier molecular flexibility index (Phi) is 5.75. The Morgan fingerprint density at radius 3 is 2.72 bits per heavy atom. The number of aromatic nitrogens is 2. The van der Waals surface area contributed by atoms with Gasteiger partial charge in [-0.3, -0.25) is 9.59 Å². The first-order valence-electron chi connectivity index (χ1n) is 8.60. The SMILES string of the molecule is Cc1ccccc1NC(=O)c1nnc(CCCC(=O)N2CCCC2)s1. The predicted molar refractivity (Wildman–Crippen MR) is 97.8 cm³/mol. The van der Waals surface area contributed by atoms with Crippen molar-refractivity contribution in [1.29, 1.82) is 0 Å². The van der Waals surface area contributed by atoms with Gasteiger partial charge in [0.25, 0.3) is 5.91 Å². The molecule has 2 aromatic rings. The number of amides is 2. The minimum Gasteiger partial charge on any atom is -0.343 e. The van der Waals surface area contributed by atoms with Crippen molar-refractivity contribution in [3.05, 3.63) is 39.8 Å². The molecule has 0 radical (unpaired) electrons. The molecule has 7 heteroatoms. The van der Waals surface area contributed by atoms with Gasteiger partial charge in [0.1, 0.15) is 5.01 Å². The maximum Gasteiger partial charge on any atom is 0.286 e. The number of hydrogen-bond acceptors (Lipinski definition) is 5. The molecule has 1 aromatic carbocycles. The van der Waals surface area contributed by atoms with Gasteiger partial charge < -0.3 is 10.2 Å². The van der Waals surface area contributed by atoms with Crippen molar-refractivity contribution in [2.45, 2.75) is 39.0 Å². The van der Waals surface area contributed by atoms with E-state index in [4.69, 9.17) is 0 Å². The Bertz CT molecular complexity index is 753. The predicted octanol–water partition coefficient (Wildman–Crippen LogP) is 3.04. The molecular formula is C18H22N4O2S. The smallest absolute Gasteiger partial charge is 0.286 e. The van der Waals surface area contributed by atoms with Crippen LogP contribution in [-0.4, -0.2) is 40.0 Å². The first-order valence-corrected chi connectivity index (χ1v) is 9.42. The van der Waals surface area contributed by atoms with Gasteiger partial charge in [0.05, 0.1) is 0 Å². The lowest BCUT2D eigenvalue weighted by molar-refractivity contribution is -0.130. The summed E-state index contributed by atoms with van der Waals surface area (Å²) in [5.74, 6) is -0.0225. The molecule has 0 saturated carbocycles. The Morgan fingerprint density at radius 2 is 1.96 bits per heavy atom. The lowest BCUT2D eigenvalue weighted by Gasteiger charge is -2.14. The number of carbonyl (C=O) groups is 2. The highest BCUT2D eigenvalue weighted by Crippen LogP contribution is 2.18. The highest BCUT2D eigenvalue weighted by Gasteiger charge is 2.18. The monoisotopic (exact) mass is 358 g/mol. The van der Waals surface area contributed by atoms with E-state index >= 15 is 0 Å². The van der Waals surface area contributed by atoms with Crippen molar-refractivity contribution in [1.82, 2.24) is 15.1 Å². The Hall–Kier alpha value is -2.28. The molecule has 25 heavy (non-hydrogen) atoms. The molecular weight excluding hydrogens is 336 g/mol. The van der Waals surface area contributed by atoms with E-state index in [1.165, 1.54) is 11.3 Å². The van der Waals surface area contributed by atoms with E-state index in [2.05, 4.69) is 15.5 Å². The van der Waals surface area contributed by atoms with Crippen LogP contribution in [0.2, 0.25) is 0 Å². The van der Waals surface area contributed by atoms with E-state index in [1.807, 2.05) is 36.1 Å². The molecule has 132 valence electrons. The quantitative estimate of drug-likeness (QED) is 0.861. The summed E-state index contributed by atoms with van der Waals surface area (Å²) >= 11 is 1.29. The molecule has 1 N–H and O–H groups in total. The summed E-state index contributed by atoms with van der Waals surface area (Å²) in [6.07, 6.45) is 4.17. The lowest BCUT2D eigenvalue weighted by Crippen LogP contribution is -2.27. The summed E-state index contributed by atoms with van der Waals surface area (Å²) < 4.78 is 0. The highest BCUT2D eigenvalue weighted by atomic mass is 32.1. The van der Waals surface area contributed by atoms with E-state index in [-0.39, 0.29) is 11.8 Å². The van der Waals surface area contributed by atoms with E-state index < -0.39 is 0 Å². The molecule has 1 aliphatic heterocycles. The number of rotatable bonds is 6. The van der Waals surface area contributed by atoms with E-state index in [1.54, 1.807) is 0 Å². The van der Waals surface area contributed by atoms with Crippen LogP contribution in [0.3, 0.4) is 0 Å². The molecule has 3 rings (SSSR count). The van der Waals surface area contributed by atoms with E-state index in [0.717, 1.165) is 48.6 Å². The summed E-state index contributed by atoms with van der Waals surface area (Å²) in [6, 6.07) is 7.61. The van der Waals surface area contributed by atoms with Gasteiger partial charge in [-0.25, -0.2) is 0 Å². The molecule has 2 heterocycles. The fourth-order valence-corrected chi connectivity index (χ4v) is 3.63. The zero-order chi connectivity index (χ0) is 17.6. The van der Waals surface area contributed by atoms with Gasteiger partial charge in [0, 0.05) is 31.6 Å². The van der Waals surface area contributed by atoms with Crippen LogP contribution in [0.1, 0.15) is 46.1 Å². The van der Waals surface area contributed by atoms with Crippen molar-refractivity contribution in [3.8, 4) is 0 Å². The second-order valence-corrected chi connectivity index (χ2v) is 7.27. The maximum atomic E-state index is 12.3. The van der Waals surface area contributed by atoms with Crippen LogP contribution < -0.4 is 5.32 Å². The third kappa shape index (κ3) is 4.63. The van der Waals surface area contributed by atoms with Gasteiger partial charge in [-0.15, -0.1) is 10.2 Å². The number of likely N-dealkylation sites (tertiary alicyclic amines) is 1. The largest absolute Gasteiger partial charge is 0.343 e. The standard InChI is InChI=1S/C18H22N4O2S/c1-13-7-2-3-8-14(13)19-17(24)18-21-20-15(25-18)9-6-10-16(23)22-11-4-5-12-22/h2-3,7-8H,4-6,9-12H2,1H3,(H,19,24). The highest BCUT2D eigenvalue weighted by molar-refractivity contribution is 7.13. The summed E-state index contributed by atoms with van der Waals surface area (Å²) in [7, 11) is 0. The molecule has 0 spiro atoms. The number of para-hydroxylation sites is 1. The zero-order valence-electron chi connectivity index (χ0n) is 14.3. The first kappa shape index (κ1) is 17.5. The minimum atomic E-state index is -0.244. The summed E-state index contributed by atoms with van der Waals surface area (Å²) in [6.45, 7) is 3.72. The van der Waals surface area contributed by atoms with Gasteiger partial charge in [0.2, 0.25) is 10.9 Å². The summed E-state index contributed by atoms with van der Waals surface area (Å²) in [5, 5.41) is 12.1. The average molecular weight is 358 g/mol. The lowest BCUT2D eigenvalue weighted by atomic mass is 10.2. The molecule has 0 aliphatic carbocycles. The van der Waals surface area contributed by atoms with Crippen molar-refractivity contribution in [3.63, 3.8) is 0 Å². The Morgan fingerprint density at radius 1 is 1.20 bits per heavy atom. The van der Waals surface area contributed by atoms with Crippen LogP contribution in [0.15, 0.2) is 24.3 Å². The zero-order valence-corrected chi connectivity index (χ0v) is 15.1. The van der Waals surface area contributed by atoms with E-state index in [9.17, 15) is 9.59 Å². The third-order valence-electron chi connectivity index (χ3n) is 4.29. The van der Waals surface area contributed by atoms with Gasteiger partial charge in [-0.2, -0.15) is 0 Å². The molecule has 1 aliphatic rings. The molecule has 1 saturated heterocycles. The fraction of sp³-hybridized carbons (Fsp3) is 0.444. The van der Waals surface area contributed by atoms with Gasteiger partial charge in [-0.05, 0) is 37.8 Å². The number of anilines is 1. The van der Waals surface area contributed by atoms with Crippen LogP contribution >= 0.6 is 11.3 Å². The van der Waals surface area contributed by atoms with E-state index in [0.29, 0.717) is 17.8 Å². The second kappa shape index (κ2) is 8.20. The van der Waals surface area contributed by atoms with Crippen LogP contribution in [0, 0.1) is 6.92 Å². The fourth-order valence-electron chi connectivity index (χ4n) is 2.85. The summed E-state index contributed by atoms with van der Waals surface area (Å²) in [5.41, 5.74) is 1.78. The van der Waals surface area contributed by atoms with Crippen molar-refractivity contribution in [2.75, 3.05) is 18.4 Å². The van der Waals surface area contributed by atoms with Crippen LogP contribution in [0.4, 0.5) is 5.69 Å². The third-order valence-corrected chi connectivity index (χ3v) is 5.28. The number of nitrogens with zero attached hydrogens (tertiary/aromatic N) is 3. The van der Waals surface area contributed by atoms with Crippen molar-refractivity contribution >= 4 is 28.8 Å². The van der Waals surface area contributed by atoms with Crippen LogP contribution in [0.25, 0.3) is 0 Å². The van der Waals surface area contributed by atoms with Crippen molar-refractivity contribution < 1.29 is 9.59 Å². The van der Waals surface area contributed by atoms with Gasteiger partial charge in [0.15, 0.2) is 0 Å². The molecule has 6 nitrogen and oxygen atoms in total. The molecule has 0 unspecified atom stereocenters. The molecule has 1 fully saturated rings. The second-order valence-electron chi connectivity index (χ2n) is 6.21. The first-order chi connectivity index (χ1) is 12.1. The topological polar surface area (TPSA) is 75.2 Å². The number of aryl methyl sites for hydroxylation is 2. The Balaban J connectivity index is 1.49. The van der Waals surface area contributed by atoms with Gasteiger partial charge in [-0.1, -0.05) is 29.5 Å². The molecule has 0 atom stereocenters. The number of hydrogen-bond donors (Lipinski definition) is 1. The molecule has 1 aromatic heterocycles. The van der Waals surface area contributed by atoms with Gasteiger partial charge >= 0.3 is 0 Å². The molecule has 0 bridgehead atoms. The Labute approximate surface area is 151 Å². The maximum absolute atomic E-state index is 12.3. The average Bonchev–Trinajstić information content (AvgIpc) is 3.28. The normalized spacial score (nSPS) is 13.9. The summed E-state index contributed by atoms with van der Waals surface area (Å²) in [4.78, 5) is 26.2. The number of nitrogens with one attached hydrogen (secondary N) is 1. The number of carbonyl (C=O) groups excluding carboxylic acids is 2. The molecule has 2 amide bonds. The van der Waals surface area contributed by atoms with Crippen LogP contribution in [0.5, 0.6) is 0 Å². The van der Waals surface area contributed by atoms with Crippen LogP contribution in [-0.2, 0) is 11.2 Å².